The SMILES string of the molecule is O=C1N(Cc2ccccc2Cl)CCCC12CCNCC2. The van der Waals surface area contributed by atoms with Crippen molar-refractivity contribution in [1.82, 2.24) is 10.2 Å². The lowest BCUT2D eigenvalue weighted by atomic mass is 9.72. The second kappa shape index (κ2) is 5.74. The van der Waals surface area contributed by atoms with E-state index in [2.05, 4.69) is 5.32 Å². The van der Waals surface area contributed by atoms with Crippen LogP contribution in [0.25, 0.3) is 0 Å². The van der Waals surface area contributed by atoms with E-state index in [1.807, 2.05) is 29.2 Å². The zero-order valence-electron chi connectivity index (χ0n) is 11.7. The molecular weight excluding hydrogens is 272 g/mol. The number of amides is 1. The van der Waals surface area contributed by atoms with Crippen LogP contribution < -0.4 is 5.32 Å². The zero-order valence-corrected chi connectivity index (χ0v) is 12.5. The van der Waals surface area contributed by atoms with Crippen LogP contribution >= 0.6 is 11.6 Å². The van der Waals surface area contributed by atoms with Crippen LogP contribution in [-0.2, 0) is 11.3 Å². The van der Waals surface area contributed by atoms with Crippen LogP contribution in [0.2, 0.25) is 5.02 Å². The lowest BCUT2D eigenvalue weighted by molar-refractivity contribution is -0.149. The Balaban J connectivity index is 1.77. The highest BCUT2D eigenvalue weighted by Crippen LogP contribution is 2.39. The molecule has 20 heavy (non-hydrogen) atoms. The Morgan fingerprint density at radius 3 is 2.70 bits per heavy atom. The number of halogens is 1. The Kier molecular flexibility index (Phi) is 3.99. The summed E-state index contributed by atoms with van der Waals surface area (Å²) in [6.07, 6.45) is 4.11. The number of rotatable bonds is 2. The zero-order chi connectivity index (χ0) is 14.0. The van der Waals surface area contributed by atoms with Gasteiger partial charge in [-0.15, -0.1) is 0 Å². The molecule has 0 unspecified atom stereocenters. The third-order valence-corrected chi connectivity index (χ3v) is 5.07. The van der Waals surface area contributed by atoms with Gasteiger partial charge < -0.3 is 10.2 Å². The van der Waals surface area contributed by atoms with E-state index in [0.29, 0.717) is 12.5 Å². The summed E-state index contributed by atoms with van der Waals surface area (Å²) in [5, 5.41) is 4.11. The van der Waals surface area contributed by atoms with Gasteiger partial charge in [-0.25, -0.2) is 0 Å². The minimum absolute atomic E-state index is 0.106. The monoisotopic (exact) mass is 292 g/mol. The van der Waals surface area contributed by atoms with E-state index < -0.39 is 0 Å². The fraction of sp³-hybridized carbons (Fsp3) is 0.562. The van der Waals surface area contributed by atoms with Gasteiger partial charge in [-0.2, -0.15) is 0 Å². The minimum Gasteiger partial charge on any atom is -0.338 e. The van der Waals surface area contributed by atoms with E-state index in [0.717, 1.165) is 55.9 Å². The van der Waals surface area contributed by atoms with Crippen molar-refractivity contribution in [2.24, 2.45) is 5.41 Å². The first-order chi connectivity index (χ1) is 9.71. The highest BCUT2D eigenvalue weighted by molar-refractivity contribution is 6.31. The number of carbonyl (C=O) groups is 1. The van der Waals surface area contributed by atoms with Gasteiger partial charge in [0, 0.05) is 18.1 Å². The standard InChI is InChI=1S/C16H21ClN2O/c17-14-5-2-1-4-13(14)12-19-11-3-6-16(15(19)20)7-9-18-10-8-16/h1-2,4-5,18H,3,6-12H2. The molecule has 3 nitrogen and oxygen atoms in total. The summed E-state index contributed by atoms with van der Waals surface area (Å²) in [6.45, 7) is 3.43. The van der Waals surface area contributed by atoms with Crippen molar-refractivity contribution < 1.29 is 4.79 Å². The van der Waals surface area contributed by atoms with Crippen molar-refractivity contribution in [2.75, 3.05) is 19.6 Å². The van der Waals surface area contributed by atoms with Gasteiger partial charge >= 0.3 is 0 Å². The second-order valence-electron chi connectivity index (χ2n) is 5.95. The smallest absolute Gasteiger partial charge is 0.229 e. The van der Waals surface area contributed by atoms with E-state index in [9.17, 15) is 4.79 Å². The van der Waals surface area contributed by atoms with Crippen LogP contribution in [0.3, 0.4) is 0 Å². The molecule has 0 aliphatic carbocycles. The molecule has 2 heterocycles. The van der Waals surface area contributed by atoms with Crippen molar-refractivity contribution in [3.05, 3.63) is 34.9 Å². The van der Waals surface area contributed by atoms with Crippen LogP contribution in [0.5, 0.6) is 0 Å². The van der Waals surface area contributed by atoms with E-state index in [-0.39, 0.29) is 5.41 Å². The fourth-order valence-corrected chi connectivity index (χ4v) is 3.70. The predicted octanol–water partition coefficient (Wildman–Crippen LogP) is 2.83. The van der Waals surface area contributed by atoms with Crippen molar-refractivity contribution >= 4 is 17.5 Å². The Morgan fingerprint density at radius 2 is 1.95 bits per heavy atom. The molecule has 1 aromatic carbocycles. The summed E-state index contributed by atoms with van der Waals surface area (Å²) >= 11 is 6.22. The van der Waals surface area contributed by atoms with E-state index >= 15 is 0 Å². The Bertz CT molecular complexity index is 491. The number of benzene rings is 1. The summed E-state index contributed by atoms with van der Waals surface area (Å²) < 4.78 is 0. The first-order valence-corrected chi connectivity index (χ1v) is 7.83. The van der Waals surface area contributed by atoms with Gasteiger partial charge in [0.25, 0.3) is 0 Å². The molecule has 1 amide bonds. The van der Waals surface area contributed by atoms with Crippen molar-refractivity contribution in [2.45, 2.75) is 32.2 Å². The van der Waals surface area contributed by atoms with Crippen molar-refractivity contribution in [1.29, 1.82) is 0 Å². The number of nitrogens with one attached hydrogen (secondary N) is 1. The average molecular weight is 293 g/mol. The third kappa shape index (κ3) is 2.57. The number of piperidine rings is 2. The molecular formula is C16H21ClN2O. The first kappa shape index (κ1) is 13.9. The molecule has 2 aliphatic rings. The van der Waals surface area contributed by atoms with Gasteiger partial charge in [0.2, 0.25) is 5.91 Å². The third-order valence-electron chi connectivity index (χ3n) is 4.70. The summed E-state index contributed by atoms with van der Waals surface area (Å²) in [4.78, 5) is 14.9. The van der Waals surface area contributed by atoms with Gasteiger partial charge in [0.15, 0.2) is 0 Å². The van der Waals surface area contributed by atoms with Gasteiger partial charge in [0.05, 0.1) is 5.41 Å². The maximum Gasteiger partial charge on any atom is 0.229 e. The minimum atomic E-state index is -0.106. The lowest BCUT2D eigenvalue weighted by Crippen LogP contribution is -2.52. The number of hydrogen-bond acceptors (Lipinski definition) is 2. The molecule has 1 N–H and O–H groups in total. The summed E-state index contributed by atoms with van der Waals surface area (Å²) in [6, 6.07) is 7.82. The summed E-state index contributed by atoms with van der Waals surface area (Å²) in [5.41, 5.74) is 0.943. The van der Waals surface area contributed by atoms with E-state index in [1.165, 1.54) is 0 Å². The van der Waals surface area contributed by atoms with Gasteiger partial charge in [-0.1, -0.05) is 29.8 Å². The summed E-state index contributed by atoms with van der Waals surface area (Å²) in [7, 11) is 0. The first-order valence-electron chi connectivity index (χ1n) is 7.45. The molecule has 1 spiro atoms. The maximum atomic E-state index is 12.9. The van der Waals surface area contributed by atoms with Crippen molar-refractivity contribution in [3.8, 4) is 0 Å². The molecule has 2 aliphatic heterocycles. The normalized spacial score (nSPS) is 22.2. The van der Waals surface area contributed by atoms with Gasteiger partial charge in [-0.3, -0.25) is 4.79 Å². The molecule has 0 saturated carbocycles. The van der Waals surface area contributed by atoms with E-state index in [1.54, 1.807) is 0 Å². The van der Waals surface area contributed by atoms with Crippen LogP contribution in [0, 0.1) is 5.41 Å². The van der Waals surface area contributed by atoms with Crippen molar-refractivity contribution in [3.63, 3.8) is 0 Å². The molecule has 0 radical (unpaired) electrons. The second-order valence-corrected chi connectivity index (χ2v) is 6.36. The van der Waals surface area contributed by atoms with Gasteiger partial charge in [-0.05, 0) is 50.4 Å². The molecule has 4 heteroatoms. The quantitative estimate of drug-likeness (QED) is 0.909. The molecule has 0 atom stereocenters. The van der Waals surface area contributed by atoms with Crippen LogP contribution in [-0.4, -0.2) is 30.4 Å². The summed E-state index contributed by atoms with van der Waals surface area (Å²) in [5.74, 6) is 0.338. The molecule has 2 fully saturated rings. The molecule has 3 rings (SSSR count). The number of carbonyl (C=O) groups excluding carboxylic acids is 1. The van der Waals surface area contributed by atoms with Gasteiger partial charge in [0.1, 0.15) is 0 Å². The van der Waals surface area contributed by atoms with Crippen LogP contribution in [0.15, 0.2) is 24.3 Å². The molecule has 108 valence electrons. The number of hydrogen-bond donors (Lipinski definition) is 1. The average Bonchev–Trinajstić information content (AvgIpc) is 2.47. The highest BCUT2D eigenvalue weighted by Gasteiger charge is 2.44. The van der Waals surface area contributed by atoms with E-state index in [4.69, 9.17) is 11.6 Å². The Morgan fingerprint density at radius 1 is 1.20 bits per heavy atom. The molecule has 0 aromatic heterocycles. The lowest BCUT2D eigenvalue weighted by Gasteiger charge is -2.44. The molecule has 1 aromatic rings. The fourth-order valence-electron chi connectivity index (χ4n) is 3.50. The Hall–Kier alpha value is -1.06. The maximum absolute atomic E-state index is 12.9. The number of likely N-dealkylation sites (tertiary alicyclic amines) is 1. The molecule has 0 bridgehead atoms. The molecule has 2 saturated heterocycles. The Labute approximate surface area is 125 Å². The predicted molar refractivity (Wildman–Crippen MR) is 80.6 cm³/mol. The number of nitrogens with zero attached hydrogens (tertiary/aromatic N) is 1. The van der Waals surface area contributed by atoms with Crippen LogP contribution in [0.4, 0.5) is 0 Å². The topological polar surface area (TPSA) is 32.3 Å². The highest BCUT2D eigenvalue weighted by atomic mass is 35.5. The largest absolute Gasteiger partial charge is 0.338 e. The van der Waals surface area contributed by atoms with Crippen LogP contribution in [0.1, 0.15) is 31.2 Å².